The number of hydrogen-bond acceptors (Lipinski definition) is 12. The van der Waals surface area contributed by atoms with Crippen molar-refractivity contribution in [3.8, 4) is 72.4 Å². The van der Waals surface area contributed by atoms with Gasteiger partial charge in [0.2, 0.25) is 0 Å². The second-order valence-corrected chi connectivity index (χ2v) is 22.7. The van der Waals surface area contributed by atoms with Gasteiger partial charge >= 0.3 is 48.2 Å². The molecule has 420 valence electrons. The van der Waals surface area contributed by atoms with Crippen LogP contribution in [0.15, 0.2) is 24.3 Å². The first kappa shape index (κ1) is 49.1. The number of urea groups is 8. The van der Waals surface area contributed by atoms with Crippen molar-refractivity contribution in [3.05, 3.63) is 46.5 Å². The van der Waals surface area contributed by atoms with Crippen LogP contribution in [0.3, 0.4) is 0 Å². The molecule has 13 aliphatic rings. The van der Waals surface area contributed by atoms with E-state index in [0.717, 1.165) is 0 Å². The number of amides is 16. The van der Waals surface area contributed by atoms with Crippen molar-refractivity contribution in [2.75, 3.05) is 66.4 Å². The molecule has 0 spiro atoms. The van der Waals surface area contributed by atoms with E-state index in [4.69, 9.17) is 44.6 Å². The number of benzene rings is 2. The number of carbonyl (C=O) groups excluding carboxylic acids is 8. The zero-order chi connectivity index (χ0) is 57.2. The highest BCUT2D eigenvalue weighted by molar-refractivity contribution is 5.94. The number of carbonyl (C=O) groups is 8. The van der Waals surface area contributed by atoms with Crippen molar-refractivity contribution in [1.29, 1.82) is 0 Å². The van der Waals surface area contributed by atoms with Crippen molar-refractivity contribution in [1.82, 2.24) is 78.4 Å². The van der Waals surface area contributed by atoms with Crippen LogP contribution in [0.5, 0.6) is 23.0 Å². The van der Waals surface area contributed by atoms with Gasteiger partial charge in [-0.15, -0.1) is 25.7 Å². The minimum Gasteiger partial charge on any atom is -0.481 e. The number of fused-ring (bicyclic) bond motifs is 2. The Hall–Kier alpha value is -9.96. The zero-order valence-electron chi connectivity index (χ0n) is 44.9. The van der Waals surface area contributed by atoms with Crippen LogP contribution in [0.4, 0.5) is 38.4 Å². The van der Waals surface area contributed by atoms with Gasteiger partial charge in [0.05, 0.1) is 26.2 Å². The number of rotatable bonds is 8. The fourth-order valence-electron chi connectivity index (χ4n) is 15.6. The molecule has 2 aromatic rings. The van der Waals surface area contributed by atoms with Crippen LogP contribution in [-0.4, -0.2) is 240 Å². The van der Waals surface area contributed by atoms with Crippen LogP contribution in [0.25, 0.3) is 0 Å². The Morgan fingerprint density at radius 1 is 0.341 bits per heavy atom. The molecular weight excluding hydrogens is 1060 g/mol. The topological polar surface area (TPSA) is 225 Å². The van der Waals surface area contributed by atoms with Crippen LogP contribution in [0.1, 0.15) is 49.9 Å². The van der Waals surface area contributed by atoms with E-state index >= 15 is 38.4 Å². The molecule has 2 aromatic carbocycles. The van der Waals surface area contributed by atoms with E-state index in [0.29, 0.717) is 45.3 Å². The molecule has 0 saturated carbocycles. The summed E-state index contributed by atoms with van der Waals surface area (Å²) >= 11 is 0. The molecule has 16 amide bonds. The molecule has 28 heteroatoms. The normalized spacial score (nSPS) is 31.8. The third kappa shape index (κ3) is 5.34. The molecule has 13 heterocycles. The van der Waals surface area contributed by atoms with E-state index in [1.54, 1.807) is 71.6 Å². The van der Waals surface area contributed by atoms with E-state index in [9.17, 15) is 0 Å². The standard InChI is InChI=1S/C54H52N16O12/c1-9-17-79-35-13-14-36(80-18-10-2)32-22-64-48(76)68-28-60-41-39-55(43(71)59(41)27-67-47(75)63(21-31(32)35)51(64,5)53(67,68)7)25-57-40-42-61(45(57)73)29-69-49(77)65-23-33-34(38(82-20-12-4)16-15-37(33)81-19-11-3)24-66-50(78)70(54(69,8)52(65,66)6)30-62(42)46(74)58(40)26-56(39)44(60)72/h1-4,13-16,39-42H,17-30H2,5-8H3/t39-,40+,41+,42-,51+,52-,53-,54+. The van der Waals surface area contributed by atoms with Crippen molar-refractivity contribution in [2.45, 2.75) is 101 Å². The quantitative estimate of drug-likeness (QED) is 0.342. The van der Waals surface area contributed by atoms with Crippen molar-refractivity contribution in [2.24, 2.45) is 0 Å². The van der Waals surface area contributed by atoms with E-state index in [2.05, 4.69) is 23.7 Å². The maximum Gasteiger partial charge on any atom is 0.326 e. The summed E-state index contributed by atoms with van der Waals surface area (Å²) in [6.45, 7) is 3.85. The lowest BCUT2D eigenvalue weighted by Crippen LogP contribution is -2.69. The molecule has 0 aromatic heterocycles. The molecule has 13 aliphatic heterocycles. The minimum absolute atomic E-state index is 0.0777. The highest BCUT2D eigenvalue weighted by Gasteiger charge is 2.80. The van der Waals surface area contributed by atoms with Gasteiger partial charge in [0, 0.05) is 22.3 Å². The van der Waals surface area contributed by atoms with Gasteiger partial charge in [0.25, 0.3) is 0 Å². The Morgan fingerprint density at radius 3 is 0.744 bits per heavy atom. The summed E-state index contributed by atoms with van der Waals surface area (Å²) in [7, 11) is 0. The van der Waals surface area contributed by atoms with Crippen LogP contribution in [0, 0.1) is 49.4 Å². The largest absolute Gasteiger partial charge is 0.481 e. The number of nitrogens with zero attached hydrogens (tertiary/aromatic N) is 16. The van der Waals surface area contributed by atoms with E-state index in [1.165, 1.54) is 58.8 Å². The molecular formula is C54H52N16O12. The molecule has 0 unspecified atom stereocenters. The van der Waals surface area contributed by atoms with Crippen molar-refractivity contribution >= 4 is 48.2 Å². The number of hydrogen-bond donors (Lipinski definition) is 0. The van der Waals surface area contributed by atoms with Crippen LogP contribution >= 0.6 is 0 Å². The summed E-state index contributed by atoms with van der Waals surface area (Å²) in [6.07, 6.45) is 17.8. The Balaban J connectivity index is 0.788. The van der Waals surface area contributed by atoms with E-state index in [-0.39, 0.29) is 52.6 Å². The fraction of sp³-hybridized carbons (Fsp3) is 0.481. The first-order valence-corrected chi connectivity index (χ1v) is 26.6. The Bertz CT molecular complexity index is 3150. The molecule has 0 N–H and O–H groups in total. The molecule has 0 radical (unpaired) electrons. The summed E-state index contributed by atoms with van der Waals surface area (Å²) in [5.74, 6) is 11.4. The van der Waals surface area contributed by atoms with Crippen LogP contribution in [-0.2, 0) is 26.2 Å². The van der Waals surface area contributed by atoms with Gasteiger partial charge in [-0.25, -0.2) is 38.4 Å². The molecule has 15 rings (SSSR count). The van der Waals surface area contributed by atoms with E-state index < -0.39 is 136 Å². The molecule has 11 saturated heterocycles. The molecule has 11 fully saturated rings. The first-order chi connectivity index (χ1) is 39.4. The monoisotopic (exact) mass is 1120 g/mol. The third-order valence-electron chi connectivity index (χ3n) is 19.9. The smallest absolute Gasteiger partial charge is 0.326 e. The Labute approximate surface area is 469 Å². The highest BCUT2D eigenvalue weighted by Crippen LogP contribution is 2.59. The van der Waals surface area contributed by atoms with Gasteiger partial charge in [0.15, 0.2) is 47.3 Å². The third-order valence-corrected chi connectivity index (χ3v) is 19.9. The average Bonchev–Trinajstić information content (AvgIpc) is 1.57. The van der Waals surface area contributed by atoms with Gasteiger partial charge in [-0.3, -0.25) is 78.4 Å². The summed E-state index contributed by atoms with van der Waals surface area (Å²) in [5.41, 5.74) is -3.83. The predicted octanol–water partition coefficient (Wildman–Crippen LogP) is 1.32. The molecule has 28 nitrogen and oxygen atoms in total. The second kappa shape index (κ2) is 15.9. The Morgan fingerprint density at radius 2 is 0.537 bits per heavy atom. The summed E-state index contributed by atoms with van der Waals surface area (Å²) in [5, 5.41) is 0. The van der Waals surface area contributed by atoms with Crippen molar-refractivity contribution < 1.29 is 57.3 Å². The maximum atomic E-state index is 15.5. The lowest BCUT2D eigenvalue weighted by atomic mass is 9.95. The summed E-state index contributed by atoms with van der Waals surface area (Å²) in [4.78, 5) is 147. The van der Waals surface area contributed by atoms with Crippen LogP contribution < -0.4 is 18.9 Å². The first-order valence-electron chi connectivity index (χ1n) is 26.6. The maximum absolute atomic E-state index is 15.5. The Kier molecular flexibility index (Phi) is 9.52. The lowest BCUT2D eigenvalue weighted by molar-refractivity contribution is -0.0871. The molecule has 0 aliphatic carbocycles. The van der Waals surface area contributed by atoms with Gasteiger partial charge in [-0.05, 0) is 52.0 Å². The van der Waals surface area contributed by atoms with Gasteiger partial charge in [-0.1, -0.05) is 23.7 Å². The van der Waals surface area contributed by atoms with Gasteiger partial charge in [0.1, 0.15) is 89.4 Å². The molecule has 82 heavy (non-hydrogen) atoms. The van der Waals surface area contributed by atoms with Gasteiger partial charge < -0.3 is 18.9 Å². The predicted molar refractivity (Wildman–Crippen MR) is 276 cm³/mol. The van der Waals surface area contributed by atoms with Crippen molar-refractivity contribution in [3.63, 3.8) is 0 Å². The number of ether oxygens (including phenoxy) is 4. The second-order valence-electron chi connectivity index (χ2n) is 22.7. The minimum atomic E-state index is -1.54. The zero-order valence-corrected chi connectivity index (χ0v) is 44.9. The highest BCUT2D eigenvalue weighted by atomic mass is 16.5. The van der Waals surface area contributed by atoms with Crippen LogP contribution in [0.2, 0.25) is 0 Å². The summed E-state index contributed by atoms with van der Waals surface area (Å²) < 4.78 is 24.0. The summed E-state index contributed by atoms with van der Waals surface area (Å²) in [6, 6.07) is 2.05. The molecule has 0 atom stereocenters. The molecule has 0 bridgehead atoms. The SMILES string of the molecule is C#CCOc1ccc(OCC#C)c2c1CN1C(=O)N3CN4C(=O)N5CN6C(=O)N7CN8C(=O)N9Cc%10c(OCC#C)ccc(OCC#C)c%10CN%10C(=O)N(CN%11C(=O)N(CN%12C(=O)N(CN%13C(=O)N(C2)[C@]1(C)[C@]%133C)[C@@H]4[C@@H]5%12)[C@@H]6[C@@H]7%11)[C@]8(C)[C@]%109C. The fourth-order valence-corrected chi connectivity index (χ4v) is 15.6. The lowest BCUT2D eigenvalue weighted by Gasteiger charge is -2.49. The number of terminal acetylenes is 4. The van der Waals surface area contributed by atoms with E-state index in [1.807, 2.05) is 0 Å². The average molecular weight is 1120 g/mol. The van der Waals surface area contributed by atoms with Gasteiger partial charge in [-0.2, -0.15) is 0 Å².